The van der Waals surface area contributed by atoms with Crippen LogP contribution in [0.25, 0.3) is 0 Å². The zero-order chi connectivity index (χ0) is 17.6. The number of likely N-dealkylation sites (tertiary alicyclic amines) is 1. The van der Waals surface area contributed by atoms with E-state index in [1.165, 1.54) is 11.3 Å². The van der Waals surface area contributed by atoms with E-state index >= 15 is 0 Å². The molecule has 0 saturated carbocycles. The summed E-state index contributed by atoms with van der Waals surface area (Å²) < 4.78 is 0. The zero-order valence-corrected chi connectivity index (χ0v) is 16.0. The summed E-state index contributed by atoms with van der Waals surface area (Å²) in [5, 5.41) is 5.47. The van der Waals surface area contributed by atoms with Gasteiger partial charge in [0.15, 0.2) is 0 Å². The average molecular weight is 395 g/mol. The standard InChI is InChI=1S/C18H22N4O2S.ClH/c19-10-16-21-15(12-25-16)18(24)22-9-5-4-8-14(22)11-20-17(23)13-6-2-1-3-7-13;/h1-3,6-7,12,14H,4-5,8-11,19H2,(H,20,23);1H. The van der Waals surface area contributed by atoms with Gasteiger partial charge in [-0.1, -0.05) is 18.2 Å². The molecular formula is C18H23ClN4O2S. The summed E-state index contributed by atoms with van der Waals surface area (Å²) >= 11 is 1.41. The van der Waals surface area contributed by atoms with E-state index in [1.807, 2.05) is 23.1 Å². The van der Waals surface area contributed by atoms with Crippen LogP contribution >= 0.6 is 23.7 Å². The Hall–Kier alpha value is -1.96. The quantitative estimate of drug-likeness (QED) is 0.815. The Bertz CT molecular complexity index is 738. The number of benzene rings is 1. The van der Waals surface area contributed by atoms with Crippen LogP contribution in [0.2, 0.25) is 0 Å². The Labute approximate surface area is 163 Å². The van der Waals surface area contributed by atoms with Crippen LogP contribution in [0.15, 0.2) is 35.7 Å². The molecule has 1 aromatic carbocycles. The van der Waals surface area contributed by atoms with Gasteiger partial charge >= 0.3 is 0 Å². The molecule has 1 aliphatic heterocycles. The second-order valence-electron chi connectivity index (χ2n) is 6.05. The van der Waals surface area contributed by atoms with E-state index in [4.69, 9.17) is 5.73 Å². The average Bonchev–Trinajstić information content (AvgIpc) is 3.16. The highest BCUT2D eigenvalue weighted by atomic mass is 35.5. The van der Waals surface area contributed by atoms with Crippen molar-refractivity contribution in [2.24, 2.45) is 5.73 Å². The van der Waals surface area contributed by atoms with Crippen molar-refractivity contribution in [1.29, 1.82) is 0 Å². The molecule has 1 aromatic heterocycles. The normalized spacial score (nSPS) is 16.7. The molecule has 2 aromatic rings. The van der Waals surface area contributed by atoms with E-state index in [-0.39, 0.29) is 30.3 Å². The molecule has 2 heterocycles. The van der Waals surface area contributed by atoms with Crippen LogP contribution in [0.3, 0.4) is 0 Å². The van der Waals surface area contributed by atoms with E-state index in [2.05, 4.69) is 10.3 Å². The summed E-state index contributed by atoms with van der Waals surface area (Å²) in [7, 11) is 0. The predicted octanol–water partition coefficient (Wildman–Crippen LogP) is 2.45. The summed E-state index contributed by atoms with van der Waals surface area (Å²) in [6, 6.07) is 9.11. The smallest absolute Gasteiger partial charge is 0.273 e. The number of aromatic nitrogens is 1. The summed E-state index contributed by atoms with van der Waals surface area (Å²) in [4.78, 5) is 31.1. The van der Waals surface area contributed by atoms with Gasteiger partial charge in [-0.25, -0.2) is 4.98 Å². The molecule has 0 spiro atoms. The van der Waals surface area contributed by atoms with E-state index in [0.29, 0.717) is 30.9 Å². The fraction of sp³-hybridized carbons (Fsp3) is 0.389. The molecule has 0 radical (unpaired) electrons. The number of hydrogen-bond acceptors (Lipinski definition) is 5. The van der Waals surface area contributed by atoms with Crippen LogP contribution < -0.4 is 11.1 Å². The van der Waals surface area contributed by atoms with Gasteiger partial charge in [0, 0.05) is 36.6 Å². The van der Waals surface area contributed by atoms with Gasteiger partial charge in [0.1, 0.15) is 10.7 Å². The molecular weight excluding hydrogens is 372 g/mol. The molecule has 0 aliphatic carbocycles. The molecule has 1 unspecified atom stereocenters. The van der Waals surface area contributed by atoms with Gasteiger partial charge in [-0.05, 0) is 31.4 Å². The lowest BCUT2D eigenvalue weighted by atomic mass is 10.0. The number of nitrogens with zero attached hydrogens (tertiary/aromatic N) is 2. The minimum atomic E-state index is -0.113. The Morgan fingerprint density at radius 1 is 1.27 bits per heavy atom. The monoisotopic (exact) mass is 394 g/mol. The second kappa shape index (κ2) is 9.66. The van der Waals surface area contributed by atoms with Gasteiger partial charge in [-0.2, -0.15) is 0 Å². The van der Waals surface area contributed by atoms with Crippen molar-refractivity contribution in [3.8, 4) is 0 Å². The first kappa shape index (κ1) is 20.4. The fourth-order valence-electron chi connectivity index (χ4n) is 3.03. The molecule has 1 aliphatic rings. The van der Waals surface area contributed by atoms with Gasteiger partial charge in [0.2, 0.25) is 0 Å². The van der Waals surface area contributed by atoms with E-state index in [1.54, 1.807) is 17.5 Å². The third-order valence-electron chi connectivity index (χ3n) is 4.37. The number of carbonyl (C=O) groups is 2. The Balaban J connectivity index is 0.00000243. The van der Waals surface area contributed by atoms with Gasteiger partial charge in [0.05, 0.1) is 0 Å². The van der Waals surface area contributed by atoms with E-state index in [9.17, 15) is 9.59 Å². The molecule has 6 nitrogen and oxygen atoms in total. The van der Waals surface area contributed by atoms with Crippen LogP contribution in [0.1, 0.15) is 45.1 Å². The number of halogens is 1. The molecule has 1 atom stereocenters. The molecule has 140 valence electrons. The van der Waals surface area contributed by atoms with Crippen LogP contribution in [0, 0.1) is 0 Å². The number of carbonyl (C=O) groups excluding carboxylic acids is 2. The first-order chi connectivity index (χ1) is 12.2. The van der Waals surface area contributed by atoms with Crippen molar-refractivity contribution in [3.63, 3.8) is 0 Å². The highest BCUT2D eigenvalue weighted by Gasteiger charge is 2.29. The first-order valence-electron chi connectivity index (χ1n) is 8.47. The van der Waals surface area contributed by atoms with Crippen molar-refractivity contribution in [1.82, 2.24) is 15.2 Å². The number of rotatable bonds is 5. The second-order valence-corrected chi connectivity index (χ2v) is 7.00. The van der Waals surface area contributed by atoms with Crippen molar-refractivity contribution in [2.45, 2.75) is 31.8 Å². The minimum Gasteiger partial charge on any atom is -0.350 e. The maximum atomic E-state index is 12.8. The first-order valence-corrected chi connectivity index (χ1v) is 9.35. The molecule has 3 rings (SSSR count). The maximum absolute atomic E-state index is 12.8. The highest BCUT2D eigenvalue weighted by Crippen LogP contribution is 2.20. The molecule has 8 heteroatoms. The number of nitrogens with two attached hydrogens (primary N) is 1. The van der Waals surface area contributed by atoms with Crippen molar-refractivity contribution in [2.75, 3.05) is 13.1 Å². The van der Waals surface area contributed by atoms with Crippen LogP contribution in [-0.4, -0.2) is 40.8 Å². The Kier molecular flexibility index (Phi) is 7.56. The summed E-state index contributed by atoms with van der Waals surface area (Å²) in [5.74, 6) is -0.188. The van der Waals surface area contributed by atoms with Crippen LogP contribution in [-0.2, 0) is 6.54 Å². The van der Waals surface area contributed by atoms with Gasteiger partial charge < -0.3 is 16.0 Å². The topological polar surface area (TPSA) is 88.3 Å². The molecule has 0 bridgehead atoms. The molecule has 2 amide bonds. The lowest BCUT2D eigenvalue weighted by molar-refractivity contribution is 0.0597. The summed E-state index contributed by atoms with van der Waals surface area (Å²) in [6.07, 6.45) is 2.91. The number of piperidine rings is 1. The van der Waals surface area contributed by atoms with E-state index < -0.39 is 0 Å². The Morgan fingerprint density at radius 2 is 2.04 bits per heavy atom. The summed E-state index contributed by atoms with van der Waals surface area (Å²) in [5.41, 5.74) is 6.66. The number of amides is 2. The van der Waals surface area contributed by atoms with Gasteiger partial charge in [-0.3, -0.25) is 9.59 Å². The van der Waals surface area contributed by atoms with E-state index in [0.717, 1.165) is 24.3 Å². The third kappa shape index (κ3) is 4.81. The van der Waals surface area contributed by atoms with Gasteiger partial charge in [0.25, 0.3) is 11.8 Å². The third-order valence-corrected chi connectivity index (χ3v) is 5.24. The lowest BCUT2D eigenvalue weighted by Crippen LogP contribution is -2.49. The number of hydrogen-bond donors (Lipinski definition) is 2. The molecule has 3 N–H and O–H groups in total. The number of nitrogens with one attached hydrogen (secondary N) is 1. The molecule has 26 heavy (non-hydrogen) atoms. The van der Waals surface area contributed by atoms with Crippen LogP contribution in [0.4, 0.5) is 0 Å². The molecule has 1 fully saturated rings. The van der Waals surface area contributed by atoms with Crippen molar-refractivity contribution >= 4 is 35.6 Å². The highest BCUT2D eigenvalue weighted by molar-refractivity contribution is 7.09. The molecule has 1 saturated heterocycles. The summed E-state index contributed by atoms with van der Waals surface area (Å²) in [6.45, 7) is 1.49. The van der Waals surface area contributed by atoms with Crippen molar-refractivity contribution < 1.29 is 9.59 Å². The van der Waals surface area contributed by atoms with Gasteiger partial charge in [-0.15, -0.1) is 23.7 Å². The predicted molar refractivity (Wildman–Crippen MR) is 105 cm³/mol. The largest absolute Gasteiger partial charge is 0.350 e. The zero-order valence-electron chi connectivity index (χ0n) is 14.4. The minimum absolute atomic E-state index is 0. The van der Waals surface area contributed by atoms with Crippen molar-refractivity contribution in [3.05, 3.63) is 52.0 Å². The SMILES string of the molecule is Cl.NCc1nc(C(=O)N2CCCCC2CNC(=O)c2ccccc2)cs1. The van der Waals surface area contributed by atoms with Crippen LogP contribution in [0.5, 0.6) is 0 Å². The lowest BCUT2D eigenvalue weighted by Gasteiger charge is -2.35. The Morgan fingerprint density at radius 3 is 2.73 bits per heavy atom. The fourth-order valence-corrected chi connectivity index (χ4v) is 3.68. The number of thiazole rings is 1. The maximum Gasteiger partial charge on any atom is 0.273 e.